The Balaban J connectivity index is 2.51. The third-order valence-electron chi connectivity index (χ3n) is 9.84. The SMILES string of the molecule is CC/C=C/C/C=C/C/C=C/C/C=C/C/C=C/CCCCCC(=O)O[C@H](COC(=O)CCC/C=C/C/C=C/C/C=C/C/C=C/CCCCC)CO[C@H]1O[C@H](CS(=O)(=O)O)[C@@H](O)C(O)C1O. The molecule has 1 fully saturated rings. The third-order valence-corrected chi connectivity index (χ3v) is 10.6. The van der Waals surface area contributed by atoms with Crippen molar-refractivity contribution in [3.63, 3.8) is 0 Å². The van der Waals surface area contributed by atoms with Crippen molar-refractivity contribution in [1.82, 2.24) is 0 Å². The van der Waals surface area contributed by atoms with Crippen LogP contribution in [0.3, 0.4) is 0 Å². The van der Waals surface area contributed by atoms with Gasteiger partial charge in [0, 0.05) is 12.8 Å². The number of hydrogen-bond donors (Lipinski definition) is 4. The molecule has 0 aliphatic carbocycles. The second kappa shape index (κ2) is 39.7. The summed E-state index contributed by atoms with van der Waals surface area (Å²) < 4.78 is 54.0. The minimum atomic E-state index is -4.62. The minimum absolute atomic E-state index is 0.106. The molecule has 1 aliphatic rings. The lowest BCUT2D eigenvalue weighted by atomic mass is 10.00. The highest BCUT2D eigenvalue weighted by molar-refractivity contribution is 7.85. The molecule has 362 valence electrons. The van der Waals surface area contributed by atoms with Gasteiger partial charge < -0.3 is 34.3 Å². The summed E-state index contributed by atoms with van der Waals surface area (Å²) in [7, 11) is -4.62. The zero-order chi connectivity index (χ0) is 46.9. The molecule has 2 unspecified atom stereocenters. The smallest absolute Gasteiger partial charge is 0.306 e. The first kappa shape index (κ1) is 58.3. The van der Waals surface area contributed by atoms with Crippen molar-refractivity contribution in [2.45, 2.75) is 179 Å². The first-order chi connectivity index (χ1) is 31.0. The number of allylic oxidation sites excluding steroid dienone is 18. The number of esters is 2. The molecule has 0 saturated carbocycles. The predicted octanol–water partition coefficient (Wildman–Crippen LogP) is 10.0. The van der Waals surface area contributed by atoms with Gasteiger partial charge in [0.05, 0.1) is 6.61 Å². The van der Waals surface area contributed by atoms with Crippen molar-refractivity contribution >= 4 is 22.1 Å². The van der Waals surface area contributed by atoms with Gasteiger partial charge in [-0.1, -0.05) is 142 Å². The number of carbonyl (C=O) groups excluding carboxylic acids is 2. The second-order valence-electron chi connectivity index (χ2n) is 15.7. The fourth-order valence-corrected chi connectivity index (χ4v) is 6.91. The first-order valence-corrected chi connectivity index (χ1v) is 25.1. The molecule has 0 aromatic rings. The molecule has 1 rings (SSSR count). The molecule has 6 atom stereocenters. The normalized spacial score (nSPS) is 20.6. The van der Waals surface area contributed by atoms with E-state index in [9.17, 15) is 37.9 Å². The largest absolute Gasteiger partial charge is 0.462 e. The number of rotatable bonds is 37. The van der Waals surface area contributed by atoms with E-state index in [1.165, 1.54) is 19.3 Å². The summed E-state index contributed by atoms with van der Waals surface area (Å²) in [5.74, 6) is -2.12. The Morgan fingerprint density at radius 1 is 0.547 bits per heavy atom. The standard InChI is InChI=1S/C51H80O12S/c1-3-5-7-9-11-13-15-17-19-21-22-24-26-28-30-32-34-36-38-40-47(53)62-44(42-61-51-50(56)49(55)48(54)45(63-51)43-64(57,58)59)41-60-46(52)39-37-35-33-31-29-27-25-23-20-18-16-14-12-10-8-6-4-2/h5,7,11-14,17-20,22,24-25,27-28,30-31,33,44-45,48-51,54-56H,3-4,6,8-10,15-16,21,23,26,29,32,34-43H2,1-2H3,(H,57,58,59)/b7-5+,13-11+,14-12+,19-17+,20-18+,24-22+,27-25+,30-28+,33-31+/t44-,45-,48-,49?,50?,51+/m1/s1. The lowest BCUT2D eigenvalue weighted by Gasteiger charge is -2.40. The van der Waals surface area contributed by atoms with Gasteiger partial charge in [-0.15, -0.1) is 0 Å². The molecule has 1 saturated heterocycles. The van der Waals surface area contributed by atoms with E-state index in [-0.39, 0.29) is 19.4 Å². The molecule has 1 heterocycles. The molecular weight excluding hydrogens is 837 g/mol. The van der Waals surface area contributed by atoms with Gasteiger partial charge in [0.25, 0.3) is 10.1 Å². The molecule has 1 aliphatic heterocycles. The van der Waals surface area contributed by atoms with Crippen LogP contribution in [0.4, 0.5) is 0 Å². The van der Waals surface area contributed by atoms with Gasteiger partial charge in [-0.2, -0.15) is 8.42 Å². The number of carbonyl (C=O) groups is 2. The zero-order valence-corrected chi connectivity index (χ0v) is 39.4. The lowest BCUT2D eigenvalue weighted by Crippen LogP contribution is -2.60. The fraction of sp³-hybridized carbons (Fsp3) is 0.608. The molecule has 0 spiro atoms. The van der Waals surface area contributed by atoms with Crippen molar-refractivity contribution < 1.29 is 56.8 Å². The molecule has 64 heavy (non-hydrogen) atoms. The molecule has 12 nitrogen and oxygen atoms in total. The van der Waals surface area contributed by atoms with E-state index in [0.717, 1.165) is 77.0 Å². The van der Waals surface area contributed by atoms with Crippen molar-refractivity contribution in [2.24, 2.45) is 0 Å². The van der Waals surface area contributed by atoms with Gasteiger partial charge >= 0.3 is 11.9 Å². The molecule has 0 aromatic carbocycles. The van der Waals surface area contributed by atoms with Crippen molar-refractivity contribution in [3.8, 4) is 0 Å². The van der Waals surface area contributed by atoms with Gasteiger partial charge in [0.15, 0.2) is 12.4 Å². The molecule has 13 heteroatoms. The maximum Gasteiger partial charge on any atom is 0.306 e. The van der Waals surface area contributed by atoms with Crippen LogP contribution in [0.1, 0.15) is 142 Å². The molecule has 4 N–H and O–H groups in total. The van der Waals surface area contributed by atoms with Gasteiger partial charge in [-0.25, -0.2) is 0 Å². The number of unbranched alkanes of at least 4 members (excludes halogenated alkanes) is 7. The maximum absolute atomic E-state index is 12.8. The van der Waals surface area contributed by atoms with Crippen LogP contribution in [-0.2, 0) is 38.7 Å². The maximum atomic E-state index is 12.8. The van der Waals surface area contributed by atoms with Crippen LogP contribution in [0.15, 0.2) is 109 Å². The van der Waals surface area contributed by atoms with Crippen LogP contribution in [0.5, 0.6) is 0 Å². The topological polar surface area (TPSA) is 186 Å². The van der Waals surface area contributed by atoms with E-state index in [1.807, 2.05) is 12.2 Å². The van der Waals surface area contributed by atoms with E-state index in [1.54, 1.807) is 0 Å². The van der Waals surface area contributed by atoms with Crippen LogP contribution in [-0.4, -0.2) is 96.0 Å². The van der Waals surface area contributed by atoms with Gasteiger partial charge in [0.1, 0.15) is 36.8 Å². The van der Waals surface area contributed by atoms with E-state index < -0.39 is 71.2 Å². The van der Waals surface area contributed by atoms with Crippen LogP contribution in [0.2, 0.25) is 0 Å². The van der Waals surface area contributed by atoms with Gasteiger partial charge in [-0.3, -0.25) is 14.1 Å². The summed E-state index contributed by atoms with van der Waals surface area (Å²) in [5.41, 5.74) is 0. The van der Waals surface area contributed by atoms with E-state index in [4.69, 9.17) is 18.9 Å². The lowest BCUT2D eigenvalue weighted by molar-refractivity contribution is -0.297. The number of ether oxygens (including phenoxy) is 4. The Morgan fingerprint density at radius 3 is 1.48 bits per heavy atom. The van der Waals surface area contributed by atoms with Gasteiger partial charge in [-0.05, 0) is 96.3 Å². The van der Waals surface area contributed by atoms with E-state index in [2.05, 4.69) is 111 Å². The number of aliphatic hydroxyl groups is 3. The Kier molecular flexibility index (Phi) is 36.1. The molecule has 0 radical (unpaired) electrons. The third kappa shape index (κ3) is 33.8. The van der Waals surface area contributed by atoms with E-state index >= 15 is 0 Å². The fourth-order valence-electron chi connectivity index (χ4n) is 6.22. The van der Waals surface area contributed by atoms with Crippen molar-refractivity contribution in [1.29, 1.82) is 0 Å². The Bertz CT molecular complexity index is 1590. The Labute approximate surface area is 385 Å². The Hall–Kier alpha value is -3.69. The average Bonchev–Trinajstić information content (AvgIpc) is 3.26. The minimum Gasteiger partial charge on any atom is -0.462 e. The molecule has 0 amide bonds. The Morgan fingerprint density at radius 2 is 1.00 bits per heavy atom. The summed E-state index contributed by atoms with van der Waals surface area (Å²) in [6.07, 6.45) is 45.6. The summed E-state index contributed by atoms with van der Waals surface area (Å²) >= 11 is 0. The monoisotopic (exact) mass is 917 g/mol. The van der Waals surface area contributed by atoms with Gasteiger partial charge in [0.2, 0.25) is 0 Å². The summed E-state index contributed by atoms with van der Waals surface area (Å²) in [5, 5.41) is 30.9. The van der Waals surface area contributed by atoms with Crippen LogP contribution in [0, 0.1) is 0 Å². The summed E-state index contributed by atoms with van der Waals surface area (Å²) in [6.45, 7) is 3.53. The van der Waals surface area contributed by atoms with Crippen LogP contribution in [0.25, 0.3) is 0 Å². The van der Waals surface area contributed by atoms with Crippen molar-refractivity contribution in [2.75, 3.05) is 19.0 Å². The molecule has 0 bridgehead atoms. The average molecular weight is 917 g/mol. The quantitative estimate of drug-likeness (QED) is 0.0200. The van der Waals surface area contributed by atoms with Crippen LogP contribution < -0.4 is 0 Å². The summed E-state index contributed by atoms with van der Waals surface area (Å²) in [6, 6.07) is 0. The zero-order valence-electron chi connectivity index (χ0n) is 38.6. The summed E-state index contributed by atoms with van der Waals surface area (Å²) in [4.78, 5) is 25.4. The highest BCUT2D eigenvalue weighted by Crippen LogP contribution is 2.24. The highest BCUT2D eigenvalue weighted by atomic mass is 32.2. The molecular formula is C51H80O12S. The number of hydrogen-bond acceptors (Lipinski definition) is 11. The van der Waals surface area contributed by atoms with Crippen LogP contribution >= 0.6 is 0 Å². The predicted molar refractivity (Wildman–Crippen MR) is 256 cm³/mol. The highest BCUT2D eigenvalue weighted by Gasteiger charge is 2.46. The second-order valence-corrected chi connectivity index (χ2v) is 17.2. The number of aliphatic hydroxyl groups excluding tert-OH is 3. The van der Waals surface area contributed by atoms with Crippen molar-refractivity contribution in [3.05, 3.63) is 109 Å². The molecule has 0 aromatic heterocycles. The van der Waals surface area contributed by atoms with E-state index in [0.29, 0.717) is 19.3 Å². The first-order valence-electron chi connectivity index (χ1n) is 23.4.